The minimum absolute atomic E-state index is 0.147. The van der Waals surface area contributed by atoms with Gasteiger partial charge in [-0.25, -0.2) is 9.71 Å². The van der Waals surface area contributed by atoms with E-state index in [1.54, 1.807) is 24.4 Å². The lowest BCUT2D eigenvalue weighted by atomic mass is 9.90. The summed E-state index contributed by atoms with van der Waals surface area (Å²) in [6.07, 6.45) is 2.57. The Morgan fingerprint density at radius 3 is 2.59 bits per heavy atom. The molecule has 1 atom stereocenters. The van der Waals surface area contributed by atoms with Crippen molar-refractivity contribution < 1.29 is 17.9 Å². The van der Waals surface area contributed by atoms with Gasteiger partial charge < -0.3 is 9.64 Å². The third-order valence-electron chi connectivity index (χ3n) is 6.40. The average Bonchev–Trinajstić information content (AvgIpc) is 3.10. The van der Waals surface area contributed by atoms with Gasteiger partial charge in [-0.3, -0.25) is 4.79 Å². The highest BCUT2D eigenvalue weighted by Crippen LogP contribution is 2.38. The quantitative estimate of drug-likeness (QED) is 0.549. The highest BCUT2D eigenvalue weighted by molar-refractivity contribution is 7.90. The van der Waals surface area contributed by atoms with E-state index in [-0.39, 0.29) is 28.6 Å². The van der Waals surface area contributed by atoms with Gasteiger partial charge >= 0.3 is 0 Å². The van der Waals surface area contributed by atoms with Gasteiger partial charge in [0.25, 0.3) is 15.9 Å². The van der Waals surface area contributed by atoms with Crippen LogP contribution in [0, 0.1) is 5.92 Å². The van der Waals surface area contributed by atoms with Gasteiger partial charge in [0.05, 0.1) is 5.56 Å². The number of carbonyl (C=O) groups is 1. The summed E-state index contributed by atoms with van der Waals surface area (Å²) in [4.78, 5) is 23.7. The first kappa shape index (κ1) is 23.7. The molecule has 1 saturated heterocycles. The van der Waals surface area contributed by atoms with Gasteiger partial charge in [0.2, 0.25) is 5.88 Å². The minimum atomic E-state index is -4.23. The Bertz CT molecular complexity index is 1280. The number of benzene rings is 1. The molecule has 1 unspecified atom stereocenters. The summed E-state index contributed by atoms with van der Waals surface area (Å²) >= 11 is 0. The first-order valence-corrected chi connectivity index (χ1v) is 12.6. The first-order valence-electron chi connectivity index (χ1n) is 11.1. The molecule has 1 aliphatic rings. The van der Waals surface area contributed by atoms with Gasteiger partial charge in [0, 0.05) is 24.3 Å². The Hall–Kier alpha value is -3.46. The Labute approximate surface area is 200 Å². The lowest BCUT2D eigenvalue weighted by Crippen LogP contribution is -2.43. The summed E-state index contributed by atoms with van der Waals surface area (Å²) in [5, 5.41) is -0.299. The fraction of sp³-hybridized carbons (Fsp3) is 0.320. The third-order valence-corrected chi connectivity index (χ3v) is 7.64. The molecule has 0 bridgehead atoms. The van der Waals surface area contributed by atoms with Crippen LogP contribution < -0.4 is 14.4 Å². The highest BCUT2D eigenvalue weighted by atomic mass is 32.2. The molecule has 0 aliphatic carbocycles. The van der Waals surface area contributed by atoms with Gasteiger partial charge in [-0.1, -0.05) is 43.3 Å². The molecule has 0 radical (unpaired) electrons. The topological polar surface area (TPSA) is 101 Å². The number of hydrogen-bond acceptors (Lipinski definition) is 7. The summed E-state index contributed by atoms with van der Waals surface area (Å²) < 4.78 is 33.7. The lowest BCUT2D eigenvalue weighted by molar-refractivity contribution is 0.0981. The van der Waals surface area contributed by atoms with Crippen molar-refractivity contribution in [3.05, 3.63) is 78.0 Å². The minimum Gasteiger partial charge on any atom is -0.473 e. The molecule has 1 aliphatic heterocycles. The van der Waals surface area contributed by atoms with Crippen LogP contribution in [0.25, 0.3) is 0 Å². The Balaban J connectivity index is 1.53. The number of aromatic nitrogens is 2. The van der Waals surface area contributed by atoms with Crippen LogP contribution in [0.4, 0.5) is 5.82 Å². The fourth-order valence-corrected chi connectivity index (χ4v) is 4.91. The predicted molar refractivity (Wildman–Crippen MR) is 129 cm³/mol. The number of carbonyl (C=O) groups excluding carboxylic acids is 1. The normalized spacial score (nSPS) is 17.4. The Kier molecular flexibility index (Phi) is 6.56. The largest absolute Gasteiger partial charge is 0.473 e. The van der Waals surface area contributed by atoms with Crippen LogP contribution in [0.15, 0.2) is 71.9 Å². The van der Waals surface area contributed by atoms with Crippen molar-refractivity contribution in [3.63, 3.8) is 0 Å². The zero-order chi connectivity index (χ0) is 24.3. The summed E-state index contributed by atoms with van der Waals surface area (Å²) in [6.45, 7) is 7.34. The van der Waals surface area contributed by atoms with E-state index in [0.717, 1.165) is 18.5 Å². The summed E-state index contributed by atoms with van der Waals surface area (Å²) in [5.41, 5.74) is 0.910. The van der Waals surface area contributed by atoms with Gasteiger partial charge in [-0.2, -0.15) is 13.4 Å². The van der Waals surface area contributed by atoms with Crippen molar-refractivity contribution in [2.75, 3.05) is 11.4 Å². The molecule has 3 heterocycles. The van der Waals surface area contributed by atoms with E-state index in [2.05, 4.69) is 40.4 Å². The van der Waals surface area contributed by atoms with Crippen molar-refractivity contribution in [3.8, 4) is 5.88 Å². The Morgan fingerprint density at radius 1 is 1.12 bits per heavy atom. The number of amides is 1. The van der Waals surface area contributed by atoms with Crippen LogP contribution in [-0.4, -0.2) is 36.4 Å². The second-order valence-electron chi connectivity index (χ2n) is 8.89. The monoisotopic (exact) mass is 480 g/mol. The number of rotatable bonds is 7. The number of ether oxygens (including phenoxy) is 1. The van der Waals surface area contributed by atoms with Crippen LogP contribution in [0.5, 0.6) is 5.88 Å². The number of pyridine rings is 2. The molecule has 2 aromatic heterocycles. The van der Waals surface area contributed by atoms with Crippen LogP contribution in [0.1, 0.15) is 43.1 Å². The molecular formula is C25H28N4O4S. The number of nitrogens with one attached hydrogen (secondary N) is 1. The van der Waals surface area contributed by atoms with E-state index in [1.807, 2.05) is 30.3 Å². The molecule has 4 rings (SSSR count). The molecule has 1 fully saturated rings. The van der Waals surface area contributed by atoms with Crippen molar-refractivity contribution in [1.29, 1.82) is 0 Å². The van der Waals surface area contributed by atoms with Crippen molar-refractivity contribution in [1.82, 2.24) is 14.7 Å². The maximum Gasteiger partial charge on any atom is 0.281 e. The summed E-state index contributed by atoms with van der Waals surface area (Å²) in [7, 11) is -4.23. The molecule has 9 heteroatoms. The maximum absolute atomic E-state index is 13.1. The lowest BCUT2D eigenvalue weighted by Gasteiger charge is -2.36. The van der Waals surface area contributed by atoms with Crippen molar-refractivity contribution in [2.24, 2.45) is 5.92 Å². The molecule has 1 amide bonds. The molecular weight excluding hydrogens is 452 g/mol. The molecule has 34 heavy (non-hydrogen) atoms. The number of anilines is 1. The van der Waals surface area contributed by atoms with Crippen LogP contribution >= 0.6 is 0 Å². The van der Waals surface area contributed by atoms with Gasteiger partial charge in [-0.15, -0.1) is 0 Å². The fourth-order valence-electron chi connectivity index (χ4n) is 3.99. The SMILES string of the molecule is CC1CCN(c2ncccc2C(=O)NS(=O)(=O)c2cccc(OCc3ccccc3)n2)C1(C)C. The van der Waals surface area contributed by atoms with Crippen LogP contribution in [-0.2, 0) is 16.6 Å². The summed E-state index contributed by atoms with van der Waals surface area (Å²) in [6, 6.07) is 17.1. The van der Waals surface area contributed by atoms with E-state index < -0.39 is 15.9 Å². The maximum atomic E-state index is 13.1. The smallest absolute Gasteiger partial charge is 0.281 e. The summed E-state index contributed by atoms with van der Waals surface area (Å²) in [5.74, 6) is 0.263. The number of sulfonamides is 1. The standard InChI is InChI=1S/C25H28N4O4S/c1-18-14-16-29(25(18,2)3)23-20(11-8-15-26-23)24(30)28-34(31,32)22-13-7-12-21(27-22)33-17-19-9-5-4-6-10-19/h4-13,15,18H,14,16-17H2,1-3H3,(H,28,30). The van der Waals surface area contributed by atoms with Crippen molar-refractivity contribution in [2.45, 2.75) is 44.4 Å². The van der Waals surface area contributed by atoms with Gasteiger partial charge in [0.15, 0.2) is 5.03 Å². The second kappa shape index (κ2) is 9.42. The zero-order valence-electron chi connectivity index (χ0n) is 19.4. The zero-order valence-corrected chi connectivity index (χ0v) is 20.2. The second-order valence-corrected chi connectivity index (χ2v) is 10.5. The highest BCUT2D eigenvalue weighted by Gasteiger charge is 2.40. The number of nitrogens with zero attached hydrogens (tertiary/aromatic N) is 3. The van der Waals surface area contributed by atoms with Crippen molar-refractivity contribution >= 4 is 21.7 Å². The average molecular weight is 481 g/mol. The molecule has 0 saturated carbocycles. The van der Waals surface area contributed by atoms with Crippen LogP contribution in [0.3, 0.4) is 0 Å². The molecule has 8 nitrogen and oxygen atoms in total. The van der Waals surface area contributed by atoms with E-state index in [4.69, 9.17) is 4.74 Å². The molecule has 0 spiro atoms. The molecule has 3 aromatic rings. The molecule has 1 N–H and O–H groups in total. The predicted octanol–water partition coefficient (Wildman–Crippen LogP) is 3.80. The van der Waals surface area contributed by atoms with E-state index in [0.29, 0.717) is 11.7 Å². The first-order chi connectivity index (χ1) is 16.2. The molecule has 1 aromatic carbocycles. The van der Waals surface area contributed by atoms with E-state index >= 15 is 0 Å². The van der Waals surface area contributed by atoms with E-state index in [1.165, 1.54) is 12.1 Å². The Morgan fingerprint density at radius 2 is 1.88 bits per heavy atom. The molecule has 178 valence electrons. The van der Waals surface area contributed by atoms with Crippen LogP contribution in [0.2, 0.25) is 0 Å². The third kappa shape index (κ3) is 4.89. The van der Waals surface area contributed by atoms with Gasteiger partial charge in [0.1, 0.15) is 12.4 Å². The van der Waals surface area contributed by atoms with E-state index in [9.17, 15) is 13.2 Å². The van der Waals surface area contributed by atoms with Gasteiger partial charge in [-0.05, 0) is 49.9 Å². The number of hydrogen-bond donors (Lipinski definition) is 1.